The second kappa shape index (κ2) is 12.1. The van der Waals surface area contributed by atoms with Crippen LogP contribution in [-0.4, -0.2) is 69.8 Å². The van der Waals surface area contributed by atoms with E-state index in [1.807, 2.05) is 33.0 Å². The molecular formula is C23H33N5O5. The maximum Gasteiger partial charge on any atom is 0.290 e. The standard InChI is InChI=1S/C22H31N5O3.CH2O2/c1-14(2)18(24-20(28)17-7-6-12-26(17)4)21-25-19(15(3)30-21)22(29)27(5)13-16-8-10-23-11-9-16;2-1-3/h8-11,14,17-18H,6-7,12-13H2,1-5H3,(H,24,28);1H,(H,2,3)/t17-,18+;/m0./s1. The minimum atomic E-state index is -0.391. The van der Waals surface area contributed by atoms with Crippen LogP contribution < -0.4 is 5.32 Å². The van der Waals surface area contributed by atoms with E-state index in [0.717, 1.165) is 24.9 Å². The van der Waals surface area contributed by atoms with E-state index in [2.05, 4.69) is 20.2 Å². The Morgan fingerprint density at radius 3 is 2.55 bits per heavy atom. The van der Waals surface area contributed by atoms with Gasteiger partial charge in [-0.25, -0.2) is 4.98 Å². The van der Waals surface area contributed by atoms with Crippen molar-refractivity contribution in [2.75, 3.05) is 20.6 Å². The molecule has 2 atom stereocenters. The molecule has 1 fully saturated rings. The van der Waals surface area contributed by atoms with Gasteiger partial charge in [0.05, 0.1) is 6.04 Å². The van der Waals surface area contributed by atoms with Gasteiger partial charge in [-0.15, -0.1) is 0 Å². The number of aryl methyl sites for hydroxylation is 1. The Bertz CT molecular complexity index is 931. The highest BCUT2D eigenvalue weighted by atomic mass is 16.4. The van der Waals surface area contributed by atoms with Crippen LogP contribution in [-0.2, 0) is 16.1 Å². The van der Waals surface area contributed by atoms with Gasteiger partial charge in [-0.3, -0.25) is 24.3 Å². The number of carboxylic acid groups (broad SMARTS) is 1. The van der Waals surface area contributed by atoms with Crippen molar-refractivity contribution < 1.29 is 23.9 Å². The summed E-state index contributed by atoms with van der Waals surface area (Å²) in [5.41, 5.74) is 1.26. The zero-order valence-corrected chi connectivity index (χ0v) is 19.8. The third-order valence-electron chi connectivity index (χ3n) is 5.59. The smallest absolute Gasteiger partial charge is 0.290 e. The Kier molecular flexibility index (Phi) is 9.53. The maximum atomic E-state index is 12.9. The highest BCUT2D eigenvalue weighted by Gasteiger charge is 2.33. The number of nitrogens with zero attached hydrogens (tertiary/aromatic N) is 4. The van der Waals surface area contributed by atoms with Crippen LogP contribution in [0.4, 0.5) is 0 Å². The molecule has 0 radical (unpaired) electrons. The second-order valence-electron chi connectivity index (χ2n) is 8.45. The first-order chi connectivity index (χ1) is 15.7. The Morgan fingerprint density at radius 1 is 1.36 bits per heavy atom. The third kappa shape index (κ3) is 6.85. The number of hydrogen-bond acceptors (Lipinski definition) is 7. The quantitative estimate of drug-likeness (QED) is 0.603. The van der Waals surface area contributed by atoms with Crippen LogP contribution >= 0.6 is 0 Å². The van der Waals surface area contributed by atoms with E-state index < -0.39 is 6.04 Å². The molecule has 3 heterocycles. The Morgan fingerprint density at radius 2 is 2.00 bits per heavy atom. The molecule has 1 aliphatic heterocycles. The predicted molar refractivity (Wildman–Crippen MR) is 121 cm³/mol. The summed E-state index contributed by atoms with van der Waals surface area (Å²) in [5, 5.41) is 9.97. The summed E-state index contributed by atoms with van der Waals surface area (Å²) in [6, 6.07) is 3.22. The van der Waals surface area contributed by atoms with Crippen LogP contribution in [0.1, 0.15) is 60.4 Å². The lowest BCUT2D eigenvalue weighted by molar-refractivity contribution is -0.126. The van der Waals surface area contributed by atoms with Crippen molar-refractivity contribution in [1.82, 2.24) is 25.1 Å². The van der Waals surface area contributed by atoms with E-state index >= 15 is 0 Å². The van der Waals surface area contributed by atoms with Gasteiger partial charge in [-0.05, 0) is 57.0 Å². The number of carbonyl (C=O) groups excluding carboxylic acids is 2. The van der Waals surface area contributed by atoms with Crippen molar-refractivity contribution in [3.05, 3.63) is 47.4 Å². The monoisotopic (exact) mass is 459 g/mol. The predicted octanol–water partition coefficient (Wildman–Crippen LogP) is 2.26. The van der Waals surface area contributed by atoms with Gasteiger partial charge in [0.15, 0.2) is 5.69 Å². The number of pyridine rings is 1. The number of oxazole rings is 1. The summed E-state index contributed by atoms with van der Waals surface area (Å²) in [6.07, 6.45) is 5.26. The highest BCUT2D eigenvalue weighted by molar-refractivity contribution is 5.93. The first kappa shape index (κ1) is 26.0. The number of likely N-dealkylation sites (tertiary alicyclic amines) is 1. The van der Waals surface area contributed by atoms with Gasteiger partial charge in [0.25, 0.3) is 12.4 Å². The molecule has 2 amide bonds. The summed E-state index contributed by atoms with van der Waals surface area (Å²) in [7, 11) is 3.69. The van der Waals surface area contributed by atoms with Gasteiger partial charge < -0.3 is 19.7 Å². The average molecular weight is 460 g/mol. The van der Waals surface area contributed by atoms with Crippen LogP contribution in [0.5, 0.6) is 0 Å². The molecule has 2 aromatic rings. The molecule has 10 nitrogen and oxygen atoms in total. The SMILES string of the molecule is Cc1oc([C@H](NC(=O)[C@@H]2CCCN2C)C(C)C)nc1C(=O)N(C)Cc1ccncc1.O=CO. The molecule has 33 heavy (non-hydrogen) atoms. The first-order valence-electron chi connectivity index (χ1n) is 10.9. The van der Waals surface area contributed by atoms with E-state index in [1.165, 1.54) is 0 Å². The summed E-state index contributed by atoms with van der Waals surface area (Å²) in [4.78, 5) is 46.2. The van der Waals surface area contributed by atoms with Crippen LogP contribution in [0.15, 0.2) is 28.9 Å². The van der Waals surface area contributed by atoms with E-state index in [-0.39, 0.29) is 35.9 Å². The normalized spacial score (nSPS) is 16.6. The highest BCUT2D eigenvalue weighted by Crippen LogP contribution is 2.25. The molecule has 2 N–H and O–H groups in total. The molecule has 1 saturated heterocycles. The molecule has 3 rings (SSSR count). The second-order valence-corrected chi connectivity index (χ2v) is 8.45. The first-order valence-corrected chi connectivity index (χ1v) is 10.9. The number of likely N-dealkylation sites (N-methyl/N-ethyl adjacent to an activating group) is 1. The molecule has 0 spiro atoms. The van der Waals surface area contributed by atoms with Gasteiger partial charge in [-0.2, -0.15) is 0 Å². The van der Waals surface area contributed by atoms with Gasteiger partial charge >= 0.3 is 0 Å². The van der Waals surface area contributed by atoms with Crippen molar-refractivity contribution in [2.45, 2.75) is 52.2 Å². The van der Waals surface area contributed by atoms with E-state index in [4.69, 9.17) is 14.3 Å². The molecule has 0 aliphatic carbocycles. The molecule has 1 aliphatic rings. The molecular weight excluding hydrogens is 426 g/mol. The van der Waals surface area contributed by atoms with Gasteiger partial charge in [0.2, 0.25) is 11.8 Å². The number of rotatable bonds is 7. The van der Waals surface area contributed by atoms with Gasteiger partial charge in [0, 0.05) is 26.0 Å². The van der Waals surface area contributed by atoms with E-state index in [1.54, 1.807) is 31.3 Å². The largest absolute Gasteiger partial charge is 0.483 e. The zero-order valence-electron chi connectivity index (χ0n) is 19.8. The molecule has 0 saturated carbocycles. The summed E-state index contributed by atoms with van der Waals surface area (Å²) >= 11 is 0. The summed E-state index contributed by atoms with van der Waals surface area (Å²) in [6.45, 7) is 6.85. The van der Waals surface area contributed by atoms with Crippen molar-refractivity contribution in [1.29, 1.82) is 0 Å². The summed E-state index contributed by atoms with van der Waals surface area (Å²) < 4.78 is 5.85. The lowest BCUT2D eigenvalue weighted by Gasteiger charge is -2.24. The number of carbonyl (C=O) groups is 3. The minimum absolute atomic E-state index is 0.0211. The Hall–Kier alpha value is -3.27. The zero-order chi connectivity index (χ0) is 24.5. The maximum absolute atomic E-state index is 12.9. The molecule has 10 heteroatoms. The number of amides is 2. The lowest BCUT2D eigenvalue weighted by Crippen LogP contribution is -2.44. The van der Waals surface area contributed by atoms with Crippen molar-refractivity contribution in [3.8, 4) is 0 Å². The van der Waals surface area contributed by atoms with Crippen LogP contribution in [0, 0.1) is 12.8 Å². The van der Waals surface area contributed by atoms with E-state index in [9.17, 15) is 9.59 Å². The number of hydrogen-bond donors (Lipinski definition) is 2. The van der Waals surface area contributed by atoms with Crippen molar-refractivity contribution >= 4 is 18.3 Å². The number of nitrogens with one attached hydrogen (secondary N) is 1. The Balaban J connectivity index is 0.00000122. The average Bonchev–Trinajstić information content (AvgIpc) is 3.37. The fourth-order valence-electron chi connectivity index (χ4n) is 3.77. The van der Waals surface area contributed by atoms with Crippen LogP contribution in [0.2, 0.25) is 0 Å². The molecule has 0 unspecified atom stereocenters. The fourth-order valence-corrected chi connectivity index (χ4v) is 3.77. The summed E-state index contributed by atoms with van der Waals surface area (Å²) in [5.74, 6) is 0.652. The van der Waals surface area contributed by atoms with Gasteiger partial charge in [0.1, 0.15) is 11.8 Å². The third-order valence-corrected chi connectivity index (χ3v) is 5.59. The molecule has 2 aromatic heterocycles. The topological polar surface area (TPSA) is 129 Å². The van der Waals surface area contributed by atoms with Crippen LogP contribution in [0.25, 0.3) is 0 Å². The van der Waals surface area contributed by atoms with Crippen molar-refractivity contribution in [3.63, 3.8) is 0 Å². The molecule has 0 aromatic carbocycles. The Labute approximate surface area is 194 Å². The molecule has 180 valence electrons. The van der Waals surface area contributed by atoms with Crippen LogP contribution in [0.3, 0.4) is 0 Å². The van der Waals surface area contributed by atoms with E-state index in [0.29, 0.717) is 18.2 Å². The number of aromatic nitrogens is 2. The fraction of sp³-hybridized carbons (Fsp3) is 0.522. The minimum Gasteiger partial charge on any atom is -0.483 e. The molecule has 0 bridgehead atoms. The van der Waals surface area contributed by atoms with Gasteiger partial charge in [-0.1, -0.05) is 13.8 Å². The lowest BCUT2D eigenvalue weighted by atomic mass is 10.0. The van der Waals surface area contributed by atoms with Crippen molar-refractivity contribution in [2.24, 2.45) is 5.92 Å².